The van der Waals surface area contributed by atoms with Gasteiger partial charge in [-0.05, 0) is 30.0 Å². The second kappa shape index (κ2) is 3.19. The molecular weight excluding hydrogens is 180 g/mol. The van der Waals surface area contributed by atoms with E-state index in [1.807, 2.05) is 0 Å². The molecule has 0 amide bonds. The number of halogens is 1. The lowest BCUT2D eigenvalue weighted by Crippen LogP contribution is -1.91. The predicted molar refractivity (Wildman–Crippen MR) is 58.1 cm³/mol. The van der Waals surface area contributed by atoms with Crippen molar-refractivity contribution >= 4 is 17.7 Å². The van der Waals surface area contributed by atoms with Gasteiger partial charge in [0.25, 0.3) is 0 Å². The van der Waals surface area contributed by atoms with Crippen LogP contribution in [0.4, 0.5) is 0 Å². The Hall–Kier alpha value is -0.750. The molecule has 0 fully saturated rings. The molecule has 0 bridgehead atoms. The minimum Gasteiger partial charge on any atom is -0.113 e. The highest BCUT2D eigenvalue weighted by atomic mass is 35.5. The molecule has 0 aromatic heterocycles. The molecule has 2 rings (SSSR count). The average Bonchev–Trinajstić information content (AvgIpc) is 2.43. The van der Waals surface area contributed by atoms with Crippen LogP contribution in [0.25, 0.3) is 6.08 Å². The fourth-order valence-electron chi connectivity index (χ4n) is 1.88. The van der Waals surface area contributed by atoms with Gasteiger partial charge in [0, 0.05) is 0 Å². The number of hydrogen-bond acceptors (Lipinski definition) is 0. The minimum absolute atomic E-state index is 0.0986. The number of hydrogen-bond donors (Lipinski definition) is 0. The van der Waals surface area contributed by atoms with E-state index >= 15 is 0 Å². The molecule has 0 radical (unpaired) electrons. The van der Waals surface area contributed by atoms with Crippen LogP contribution in [0.5, 0.6) is 0 Å². The SMILES string of the molecule is CCc1cccc2c1C=C(C)C2Cl. The first-order chi connectivity index (χ1) is 6.24. The summed E-state index contributed by atoms with van der Waals surface area (Å²) in [6.07, 6.45) is 3.29. The second-order valence-corrected chi connectivity index (χ2v) is 3.96. The molecule has 0 saturated carbocycles. The zero-order chi connectivity index (χ0) is 9.42. The Kier molecular flexibility index (Phi) is 2.17. The van der Waals surface area contributed by atoms with E-state index < -0.39 is 0 Å². The molecule has 1 unspecified atom stereocenters. The third kappa shape index (κ3) is 1.30. The van der Waals surface area contributed by atoms with Crippen LogP contribution in [0.3, 0.4) is 0 Å². The van der Waals surface area contributed by atoms with E-state index in [9.17, 15) is 0 Å². The fourth-order valence-corrected chi connectivity index (χ4v) is 2.14. The number of allylic oxidation sites excluding steroid dienone is 1. The van der Waals surface area contributed by atoms with Gasteiger partial charge in [-0.1, -0.05) is 36.8 Å². The highest BCUT2D eigenvalue weighted by Gasteiger charge is 2.21. The van der Waals surface area contributed by atoms with Crippen molar-refractivity contribution in [3.8, 4) is 0 Å². The second-order valence-electron chi connectivity index (χ2n) is 3.52. The van der Waals surface area contributed by atoms with E-state index in [1.54, 1.807) is 0 Å². The first kappa shape index (κ1) is 8.83. The van der Waals surface area contributed by atoms with Crippen molar-refractivity contribution in [1.82, 2.24) is 0 Å². The standard InChI is InChI=1S/C12H13Cl/c1-3-9-5-4-6-10-11(9)7-8(2)12(10)13/h4-7,12H,3H2,1-2H3. The Balaban J connectivity index is 2.59. The molecule has 1 aliphatic rings. The van der Waals surface area contributed by atoms with Crippen LogP contribution in [0.2, 0.25) is 0 Å². The number of benzene rings is 1. The van der Waals surface area contributed by atoms with Crippen molar-refractivity contribution in [3.63, 3.8) is 0 Å². The maximum absolute atomic E-state index is 6.25. The van der Waals surface area contributed by atoms with Gasteiger partial charge in [-0.3, -0.25) is 0 Å². The van der Waals surface area contributed by atoms with Crippen LogP contribution in [0, 0.1) is 0 Å². The van der Waals surface area contributed by atoms with E-state index in [4.69, 9.17) is 11.6 Å². The highest BCUT2D eigenvalue weighted by Crippen LogP contribution is 2.40. The molecule has 13 heavy (non-hydrogen) atoms. The van der Waals surface area contributed by atoms with Gasteiger partial charge < -0.3 is 0 Å². The van der Waals surface area contributed by atoms with Crippen LogP contribution < -0.4 is 0 Å². The number of aryl methyl sites for hydroxylation is 1. The lowest BCUT2D eigenvalue weighted by Gasteiger charge is -2.07. The van der Waals surface area contributed by atoms with Gasteiger partial charge in [0.1, 0.15) is 0 Å². The monoisotopic (exact) mass is 192 g/mol. The smallest absolute Gasteiger partial charge is 0.0801 e. The van der Waals surface area contributed by atoms with Crippen LogP contribution in [-0.2, 0) is 6.42 Å². The Bertz CT molecular complexity index is 363. The summed E-state index contributed by atoms with van der Waals surface area (Å²) < 4.78 is 0. The molecule has 1 atom stereocenters. The molecular formula is C12H13Cl. The molecule has 0 spiro atoms. The van der Waals surface area contributed by atoms with Crippen molar-refractivity contribution in [1.29, 1.82) is 0 Å². The van der Waals surface area contributed by atoms with E-state index in [1.165, 1.54) is 22.3 Å². The van der Waals surface area contributed by atoms with Crippen LogP contribution >= 0.6 is 11.6 Å². The highest BCUT2D eigenvalue weighted by molar-refractivity contribution is 6.24. The molecule has 0 saturated heterocycles. The van der Waals surface area contributed by atoms with E-state index in [0.717, 1.165) is 6.42 Å². The molecule has 1 aliphatic carbocycles. The molecule has 1 heteroatoms. The fraction of sp³-hybridized carbons (Fsp3) is 0.333. The summed E-state index contributed by atoms with van der Waals surface area (Å²) in [5.41, 5.74) is 5.29. The van der Waals surface area contributed by atoms with Crippen molar-refractivity contribution in [3.05, 3.63) is 40.5 Å². The van der Waals surface area contributed by atoms with Crippen LogP contribution in [-0.4, -0.2) is 0 Å². The Morgan fingerprint density at radius 2 is 2.15 bits per heavy atom. The number of alkyl halides is 1. The molecule has 0 nitrogen and oxygen atoms in total. The average molecular weight is 193 g/mol. The normalized spacial score (nSPS) is 19.9. The summed E-state index contributed by atoms with van der Waals surface area (Å²) in [5.74, 6) is 0. The van der Waals surface area contributed by atoms with Gasteiger partial charge in [-0.25, -0.2) is 0 Å². The zero-order valence-electron chi connectivity index (χ0n) is 7.97. The summed E-state index contributed by atoms with van der Waals surface area (Å²) in [7, 11) is 0. The van der Waals surface area contributed by atoms with E-state index in [0.29, 0.717) is 0 Å². The van der Waals surface area contributed by atoms with Crippen molar-refractivity contribution in [2.75, 3.05) is 0 Å². The van der Waals surface area contributed by atoms with E-state index in [2.05, 4.69) is 38.1 Å². The first-order valence-electron chi connectivity index (χ1n) is 4.68. The first-order valence-corrected chi connectivity index (χ1v) is 5.11. The third-order valence-electron chi connectivity index (χ3n) is 2.66. The third-order valence-corrected chi connectivity index (χ3v) is 3.24. The number of rotatable bonds is 1. The summed E-state index contributed by atoms with van der Waals surface area (Å²) in [6.45, 7) is 4.28. The van der Waals surface area contributed by atoms with Crippen molar-refractivity contribution < 1.29 is 0 Å². The van der Waals surface area contributed by atoms with E-state index in [-0.39, 0.29) is 5.38 Å². The lowest BCUT2D eigenvalue weighted by molar-refractivity contribution is 1.10. The van der Waals surface area contributed by atoms with Gasteiger partial charge in [-0.15, -0.1) is 11.6 Å². The van der Waals surface area contributed by atoms with Gasteiger partial charge in [-0.2, -0.15) is 0 Å². The van der Waals surface area contributed by atoms with Crippen LogP contribution in [0.15, 0.2) is 23.8 Å². The van der Waals surface area contributed by atoms with Crippen molar-refractivity contribution in [2.45, 2.75) is 25.6 Å². The topological polar surface area (TPSA) is 0 Å². The summed E-state index contributed by atoms with van der Waals surface area (Å²) in [5, 5.41) is 0.0986. The Labute approximate surface area is 84.2 Å². The van der Waals surface area contributed by atoms with Crippen LogP contribution in [0.1, 0.15) is 35.9 Å². The summed E-state index contributed by atoms with van der Waals surface area (Å²) in [4.78, 5) is 0. The molecule has 0 aliphatic heterocycles. The number of fused-ring (bicyclic) bond motifs is 1. The quantitative estimate of drug-likeness (QED) is 0.592. The zero-order valence-corrected chi connectivity index (χ0v) is 8.73. The van der Waals surface area contributed by atoms with Crippen molar-refractivity contribution in [2.24, 2.45) is 0 Å². The predicted octanol–water partition coefficient (Wildman–Crippen LogP) is 3.95. The molecule has 1 aromatic carbocycles. The summed E-state index contributed by atoms with van der Waals surface area (Å²) in [6, 6.07) is 6.40. The Morgan fingerprint density at radius 1 is 1.38 bits per heavy atom. The molecule has 68 valence electrons. The minimum atomic E-state index is 0.0986. The summed E-state index contributed by atoms with van der Waals surface area (Å²) >= 11 is 6.25. The van der Waals surface area contributed by atoms with Gasteiger partial charge in [0.15, 0.2) is 0 Å². The lowest BCUT2D eigenvalue weighted by atomic mass is 10.0. The van der Waals surface area contributed by atoms with Gasteiger partial charge >= 0.3 is 0 Å². The Morgan fingerprint density at radius 3 is 2.85 bits per heavy atom. The van der Waals surface area contributed by atoms with Gasteiger partial charge in [0.05, 0.1) is 5.38 Å². The largest absolute Gasteiger partial charge is 0.113 e. The van der Waals surface area contributed by atoms with Gasteiger partial charge in [0.2, 0.25) is 0 Å². The molecule has 1 aromatic rings. The molecule has 0 heterocycles. The molecule has 0 N–H and O–H groups in total. The maximum atomic E-state index is 6.25. The maximum Gasteiger partial charge on any atom is 0.0801 e.